The maximum atomic E-state index is 12.3. The molecule has 7 heteroatoms. The van der Waals surface area contributed by atoms with Crippen LogP contribution in [0.1, 0.15) is 94.6 Å². The van der Waals surface area contributed by atoms with Crippen molar-refractivity contribution in [2.75, 3.05) is 26.4 Å². The largest absolute Gasteiger partial charge is 0.392 e. The fourth-order valence-corrected chi connectivity index (χ4v) is 9.73. The second-order valence-corrected chi connectivity index (χ2v) is 14.1. The molecule has 230 valence electrons. The van der Waals surface area contributed by atoms with Crippen molar-refractivity contribution in [2.45, 2.75) is 113 Å². The van der Waals surface area contributed by atoms with Crippen molar-refractivity contribution in [1.82, 2.24) is 0 Å². The molecule has 6 aliphatic rings. The number of ether oxygens (including phenoxy) is 4. The minimum absolute atomic E-state index is 0.0155. The zero-order valence-corrected chi connectivity index (χ0v) is 25.1. The van der Waals surface area contributed by atoms with Crippen LogP contribution in [0.15, 0.2) is 47.6 Å². The Morgan fingerprint density at radius 3 is 2.52 bits per heavy atom. The van der Waals surface area contributed by atoms with Crippen molar-refractivity contribution < 1.29 is 34.3 Å². The Labute approximate surface area is 249 Å². The summed E-state index contributed by atoms with van der Waals surface area (Å²) in [7, 11) is 0. The minimum atomic E-state index is -0.927. The zero-order chi connectivity index (χ0) is 29.0. The van der Waals surface area contributed by atoms with E-state index in [9.17, 15) is 15.3 Å². The lowest BCUT2D eigenvalue weighted by molar-refractivity contribution is -0.208. The second-order valence-electron chi connectivity index (χ2n) is 14.1. The van der Waals surface area contributed by atoms with Gasteiger partial charge in [0.1, 0.15) is 0 Å². The summed E-state index contributed by atoms with van der Waals surface area (Å²) in [6.07, 6.45) is 13.2. The number of hydrogen-bond acceptors (Lipinski definition) is 7. The van der Waals surface area contributed by atoms with Gasteiger partial charge in [-0.05, 0) is 86.3 Å². The molecule has 3 unspecified atom stereocenters. The van der Waals surface area contributed by atoms with E-state index in [2.05, 4.69) is 19.1 Å². The number of fused-ring (bicyclic) bond motifs is 4. The highest BCUT2D eigenvalue weighted by Crippen LogP contribution is 2.68. The first-order valence-electron chi connectivity index (χ1n) is 16.3. The maximum absolute atomic E-state index is 12.3. The summed E-state index contributed by atoms with van der Waals surface area (Å²) in [5.41, 5.74) is 2.54. The third-order valence-electron chi connectivity index (χ3n) is 11.9. The highest BCUT2D eigenvalue weighted by atomic mass is 16.7. The van der Waals surface area contributed by atoms with Crippen LogP contribution in [-0.2, 0) is 25.6 Å². The Balaban J connectivity index is 1.22. The van der Waals surface area contributed by atoms with Crippen molar-refractivity contribution in [1.29, 1.82) is 0 Å². The molecule has 2 heterocycles. The van der Waals surface area contributed by atoms with Gasteiger partial charge in [-0.1, -0.05) is 48.9 Å². The second kappa shape index (κ2) is 11.1. The lowest BCUT2D eigenvalue weighted by Gasteiger charge is -2.57. The number of rotatable bonds is 6. The Morgan fingerprint density at radius 1 is 0.976 bits per heavy atom. The normalized spacial score (nSPS) is 41.2. The van der Waals surface area contributed by atoms with Crippen LogP contribution < -0.4 is 0 Å². The molecular weight excluding hydrogens is 532 g/mol. The number of aliphatic hydroxyl groups excluding tert-OH is 1. The van der Waals surface area contributed by atoms with E-state index >= 15 is 0 Å². The predicted octanol–water partition coefficient (Wildman–Crippen LogP) is 5.28. The van der Waals surface area contributed by atoms with Gasteiger partial charge >= 0.3 is 0 Å². The summed E-state index contributed by atoms with van der Waals surface area (Å²) < 4.78 is 23.9. The molecule has 3 saturated carbocycles. The number of hydrogen-bond donors (Lipinski definition) is 3. The summed E-state index contributed by atoms with van der Waals surface area (Å²) in [4.78, 5) is 0. The van der Waals surface area contributed by atoms with Crippen LogP contribution in [0.5, 0.6) is 0 Å². The highest BCUT2D eigenvalue weighted by Gasteiger charge is 2.64. The molecule has 0 aromatic heterocycles. The molecule has 0 bridgehead atoms. The van der Waals surface area contributed by atoms with Crippen LogP contribution in [0.4, 0.5) is 0 Å². The third kappa shape index (κ3) is 4.84. The first-order chi connectivity index (χ1) is 20.3. The van der Waals surface area contributed by atoms with E-state index in [1.807, 2.05) is 24.3 Å². The van der Waals surface area contributed by atoms with Crippen molar-refractivity contribution in [3.05, 3.63) is 58.7 Å². The quantitative estimate of drug-likeness (QED) is 0.394. The third-order valence-corrected chi connectivity index (χ3v) is 11.9. The molecule has 7 atom stereocenters. The SMILES string of the molecule is C[C@]12C[C@H](c3ccc(CO)cc3)C3=C4CCC5(C[C@]4(O)CCC3C1CC[C@@]2(O)C=CCOC1CCCCO1)OCCO5. The van der Waals surface area contributed by atoms with Gasteiger partial charge in [-0.25, -0.2) is 0 Å². The Kier molecular flexibility index (Phi) is 7.70. The van der Waals surface area contributed by atoms with Crippen molar-refractivity contribution >= 4 is 0 Å². The molecule has 0 amide bonds. The van der Waals surface area contributed by atoms with E-state index in [0.29, 0.717) is 44.5 Å². The van der Waals surface area contributed by atoms with E-state index in [-0.39, 0.29) is 24.2 Å². The molecule has 7 nitrogen and oxygen atoms in total. The fraction of sp³-hybridized carbons (Fsp3) is 0.714. The number of allylic oxidation sites excluding steroid dienone is 1. The van der Waals surface area contributed by atoms with Gasteiger partial charge in [-0.2, -0.15) is 0 Å². The average Bonchev–Trinajstić information content (AvgIpc) is 3.56. The molecule has 1 aromatic carbocycles. The van der Waals surface area contributed by atoms with Crippen molar-refractivity contribution in [2.24, 2.45) is 17.3 Å². The Bertz CT molecular complexity index is 1200. The number of aliphatic hydroxyl groups is 3. The molecule has 2 aliphatic heterocycles. The smallest absolute Gasteiger partial charge is 0.171 e. The monoisotopic (exact) mass is 580 g/mol. The van der Waals surface area contributed by atoms with Gasteiger partial charge in [0, 0.05) is 30.8 Å². The molecule has 5 fully saturated rings. The van der Waals surface area contributed by atoms with Crippen LogP contribution in [0, 0.1) is 17.3 Å². The van der Waals surface area contributed by atoms with Crippen molar-refractivity contribution in [3.8, 4) is 0 Å². The minimum Gasteiger partial charge on any atom is -0.392 e. The van der Waals surface area contributed by atoms with Crippen LogP contribution in [-0.4, -0.2) is 65.0 Å². The topological polar surface area (TPSA) is 97.6 Å². The van der Waals surface area contributed by atoms with Crippen LogP contribution in [0.3, 0.4) is 0 Å². The molecule has 3 N–H and O–H groups in total. The van der Waals surface area contributed by atoms with Crippen LogP contribution in [0.2, 0.25) is 0 Å². The van der Waals surface area contributed by atoms with Gasteiger partial charge in [-0.15, -0.1) is 0 Å². The van der Waals surface area contributed by atoms with Gasteiger partial charge in [0.25, 0.3) is 0 Å². The zero-order valence-electron chi connectivity index (χ0n) is 25.1. The summed E-state index contributed by atoms with van der Waals surface area (Å²) in [6.45, 7) is 4.70. The van der Waals surface area contributed by atoms with Crippen LogP contribution in [0.25, 0.3) is 0 Å². The first-order valence-corrected chi connectivity index (χ1v) is 16.3. The molecule has 42 heavy (non-hydrogen) atoms. The van der Waals surface area contributed by atoms with Gasteiger partial charge < -0.3 is 34.3 Å². The molecule has 7 rings (SSSR count). The molecule has 4 aliphatic carbocycles. The molecule has 1 aromatic rings. The van der Waals surface area contributed by atoms with Crippen LogP contribution >= 0.6 is 0 Å². The average molecular weight is 581 g/mol. The molecule has 1 spiro atoms. The predicted molar refractivity (Wildman–Crippen MR) is 157 cm³/mol. The lowest BCUT2D eigenvalue weighted by atomic mass is 9.49. The van der Waals surface area contributed by atoms with E-state index < -0.39 is 17.0 Å². The van der Waals surface area contributed by atoms with E-state index in [1.54, 1.807) is 0 Å². The molecule has 0 radical (unpaired) electrons. The van der Waals surface area contributed by atoms with Gasteiger partial charge in [0.15, 0.2) is 12.1 Å². The summed E-state index contributed by atoms with van der Waals surface area (Å²) >= 11 is 0. The van der Waals surface area contributed by atoms with Gasteiger partial charge in [-0.3, -0.25) is 0 Å². The van der Waals surface area contributed by atoms with Gasteiger partial charge in [0.05, 0.1) is 37.6 Å². The lowest BCUT2D eigenvalue weighted by Crippen LogP contribution is -2.55. The summed E-state index contributed by atoms with van der Waals surface area (Å²) in [6, 6.07) is 8.32. The Hall–Kier alpha value is -1.58. The van der Waals surface area contributed by atoms with E-state index in [1.165, 1.54) is 16.7 Å². The molecule has 2 saturated heterocycles. The fourth-order valence-electron chi connectivity index (χ4n) is 9.73. The van der Waals surface area contributed by atoms with Crippen molar-refractivity contribution in [3.63, 3.8) is 0 Å². The summed E-state index contributed by atoms with van der Waals surface area (Å²) in [5, 5.41) is 34.3. The number of benzene rings is 1. The van der Waals surface area contributed by atoms with E-state index in [0.717, 1.165) is 70.0 Å². The summed E-state index contributed by atoms with van der Waals surface area (Å²) in [5.74, 6) is 0.0890. The highest BCUT2D eigenvalue weighted by molar-refractivity contribution is 5.44. The molecular formula is C35H48O7. The van der Waals surface area contributed by atoms with Gasteiger partial charge in [0.2, 0.25) is 0 Å². The van der Waals surface area contributed by atoms with E-state index in [4.69, 9.17) is 18.9 Å². The first kappa shape index (κ1) is 29.1. The standard InChI is InChI=1S/C35H48O7/c1-32-21-27(25-8-6-24(22-36)7-9-25)31-26(10-14-33(37)23-35(16-12-29(31)33)41-19-20-42-35)28(32)11-15-34(32,38)13-4-18-40-30-5-2-3-17-39-30/h4,6-9,13,26-28,30,36-38H,2-3,5,10-12,14-23H2,1H3/t26?,27-,28?,30?,32+,33-,34+/m1/s1. The maximum Gasteiger partial charge on any atom is 0.171 e. The Morgan fingerprint density at radius 2 is 1.79 bits per heavy atom.